The number of para-hydroxylation sites is 1. The maximum Gasteiger partial charge on any atom is 0.338 e. The average Bonchev–Trinajstić information content (AvgIpc) is 2.74. The van der Waals surface area contributed by atoms with Crippen molar-refractivity contribution in [1.29, 1.82) is 0 Å². The van der Waals surface area contributed by atoms with Crippen molar-refractivity contribution in [2.75, 3.05) is 23.9 Å². The van der Waals surface area contributed by atoms with E-state index >= 15 is 0 Å². The van der Waals surface area contributed by atoms with E-state index in [1.54, 1.807) is 43.3 Å². The van der Waals surface area contributed by atoms with Crippen molar-refractivity contribution in [3.8, 4) is 0 Å². The van der Waals surface area contributed by atoms with Crippen LogP contribution in [-0.2, 0) is 4.74 Å². The highest BCUT2D eigenvalue weighted by Crippen LogP contribution is 2.20. The molecule has 0 unspecified atom stereocenters. The van der Waals surface area contributed by atoms with Crippen LogP contribution in [-0.4, -0.2) is 35.7 Å². The second-order valence-corrected chi connectivity index (χ2v) is 5.92. The lowest BCUT2D eigenvalue weighted by Crippen LogP contribution is -2.17. The minimum atomic E-state index is -0.399. The van der Waals surface area contributed by atoms with Gasteiger partial charge in [0.05, 0.1) is 12.2 Å². The van der Waals surface area contributed by atoms with Crippen molar-refractivity contribution in [2.45, 2.75) is 6.92 Å². The van der Waals surface area contributed by atoms with Crippen molar-refractivity contribution in [2.24, 2.45) is 0 Å². The molecule has 0 aliphatic rings. The van der Waals surface area contributed by atoms with E-state index < -0.39 is 5.97 Å². The number of carbonyl (C=O) groups excluding carboxylic acids is 2. The van der Waals surface area contributed by atoms with Crippen molar-refractivity contribution in [1.82, 2.24) is 10.2 Å². The molecule has 2 aromatic carbocycles. The molecule has 0 saturated heterocycles. The Hall–Kier alpha value is -3.74. The minimum absolute atomic E-state index is 0.194. The van der Waals surface area contributed by atoms with Gasteiger partial charge in [0.1, 0.15) is 0 Å². The summed E-state index contributed by atoms with van der Waals surface area (Å²) in [7, 11) is 1.88. The Bertz CT molecular complexity index is 942. The van der Waals surface area contributed by atoms with Gasteiger partial charge in [-0.1, -0.05) is 18.2 Å². The summed E-state index contributed by atoms with van der Waals surface area (Å²) in [4.78, 5) is 25.9. The Labute approximate surface area is 163 Å². The van der Waals surface area contributed by atoms with Crippen LogP contribution in [0.4, 0.5) is 17.2 Å². The fourth-order valence-corrected chi connectivity index (χ4v) is 2.51. The topological polar surface area (TPSA) is 84.4 Å². The van der Waals surface area contributed by atoms with Gasteiger partial charge >= 0.3 is 5.97 Å². The summed E-state index contributed by atoms with van der Waals surface area (Å²) >= 11 is 0. The van der Waals surface area contributed by atoms with Gasteiger partial charge in [0.25, 0.3) is 5.91 Å². The third-order valence-electron chi connectivity index (χ3n) is 4.02. The number of aromatic nitrogens is 2. The predicted octanol–water partition coefficient (Wildman–Crippen LogP) is 3.67. The van der Waals surface area contributed by atoms with Gasteiger partial charge < -0.3 is 15.0 Å². The number of carbonyl (C=O) groups is 2. The standard InChI is InChI=1S/C21H20N4O3/c1-3-28-21(27)15-9-11-16(12-10-15)22-20(26)18-13-14-19(24-23-18)25(2)17-7-5-4-6-8-17/h4-14H,3H2,1-2H3,(H,22,26). The molecule has 1 N–H and O–H groups in total. The first-order valence-corrected chi connectivity index (χ1v) is 8.79. The maximum atomic E-state index is 12.4. The van der Waals surface area contributed by atoms with Crippen molar-refractivity contribution >= 4 is 29.1 Å². The first kappa shape index (κ1) is 19.0. The highest BCUT2D eigenvalue weighted by Gasteiger charge is 2.12. The zero-order valence-corrected chi connectivity index (χ0v) is 15.6. The molecule has 0 saturated carbocycles. The first-order valence-electron chi connectivity index (χ1n) is 8.79. The monoisotopic (exact) mass is 376 g/mol. The SMILES string of the molecule is CCOC(=O)c1ccc(NC(=O)c2ccc(N(C)c3ccccc3)nn2)cc1. The molecule has 1 aromatic heterocycles. The van der Waals surface area contributed by atoms with Crippen LogP contribution in [0.2, 0.25) is 0 Å². The molecule has 0 bridgehead atoms. The molecule has 1 heterocycles. The lowest BCUT2D eigenvalue weighted by atomic mass is 10.2. The molecule has 0 atom stereocenters. The van der Waals surface area contributed by atoms with Crippen LogP contribution in [0.1, 0.15) is 27.8 Å². The van der Waals surface area contributed by atoms with Gasteiger partial charge in [-0.3, -0.25) is 4.79 Å². The summed E-state index contributed by atoms with van der Waals surface area (Å²) < 4.78 is 4.93. The van der Waals surface area contributed by atoms with Crippen LogP contribution < -0.4 is 10.2 Å². The molecular formula is C21H20N4O3. The summed E-state index contributed by atoms with van der Waals surface area (Å²) in [6.45, 7) is 2.06. The molecule has 142 valence electrons. The number of hydrogen-bond acceptors (Lipinski definition) is 6. The van der Waals surface area contributed by atoms with E-state index in [-0.39, 0.29) is 11.6 Å². The molecule has 0 radical (unpaired) electrons. The summed E-state index contributed by atoms with van der Waals surface area (Å²) in [5, 5.41) is 10.9. The number of esters is 1. The number of rotatable bonds is 6. The summed E-state index contributed by atoms with van der Waals surface area (Å²) in [6, 6.07) is 19.5. The number of benzene rings is 2. The molecule has 1 amide bonds. The van der Waals surface area contributed by atoms with Crippen LogP contribution in [0.15, 0.2) is 66.7 Å². The van der Waals surface area contributed by atoms with E-state index in [1.807, 2.05) is 42.3 Å². The van der Waals surface area contributed by atoms with Crippen molar-refractivity contribution < 1.29 is 14.3 Å². The highest BCUT2D eigenvalue weighted by atomic mass is 16.5. The summed E-state index contributed by atoms with van der Waals surface area (Å²) in [5.41, 5.74) is 2.13. The minimum Gasteiger partial charge on any atom is -0.462 e. The normalized spacial score (nSPS) is 10.2. The predicted molar refractivity (Wildman–Crippen MR) is 107 cm³/mol. The molecular weight excluding hydrogens is 356 g/mol. The number of nitrogens with one attached hydrogen (secondary N) is 1. The zero-order chi connectivity index (χ0) is 19.9. The lowest BCUT2D eigenvalue weighted by molar-refractivity contribution is 0.0526. The van der Waals surface area contributed by atoms with Gasteiger partial charge in [-0.2, -0.15) is 0 Å². The van der Waals surface area contributed by atoms with Crippen molar-refractivity contribution in [3.63, 3.8) is 0 Å². The van der Waals surface area contributed by atoms with Crippen LogP contribution in [0.3, 0.4) is 0 Å². The molecule has 0 spiro atoms. The molecule has 0 aliphatic heterocycles. The van der Waals surface area contributed by atoms with Gasteiger partial charge in [-0.15, -0.1) is 10.2 Å². The van der Waals surface area contributed by atoms with E-state index in [0.717, 1.165) is 5.69 Å². The molecule has 0 aliphatic carbocycles. The Morgan fingerprint density at radius 2 is 1.68 bits per heavy atom. The Kier molecular flexibility index (Phi) is 5.96. The van der Waals surface area contributed by atoms with E-state index in [9.17, 15) is 9.59 Å². The van der Waals surface area contributed by atoms with E-state index in [1.165, 1.54) is 0 Å². The average molecular weight is 376 g/mol. The second kappa shape index (κ2) is 8.77. The number of nitrogens with zero attached hydrogens (tertiary/aromatic N) is 3. The lowest BCUT2D eigenvalue weighted by Gasteiger charge is -2.17. The van der Waals surface area contributed by atoms with Gasteiger partial charge in [0, 0.05) is 18.4 Å². The molecule has 7 nitrogen and oxygen atoms in total. The fourth-order valence-electron chi connectivity index (χ4n) is 2.51. The zero-order valence-electron chi connectivity index (χ0n) is 15.6. The summed E-state index contributed by atoms with van der Waals surface area (Å²) in [6.07, 6.45) is 0. The highest BCUT2D eigenvalue weighted by molar-refractivity contribution is 6.03. The number of amides is 1. The van der Waals surface area contributed by atoms with E-state index in [0.29, 0.717) is 23.7 Å². The number of hydrogen-bond donors (Lipinski definition) is 1. The number of anilines is 3. The number of ether oxygens (including phenoxy) is 1. The van der Waals surface area contributed by atoms with Crippen LogP contribution in [0.5, 0.6) is 0 Å². The Morgan fingerprint density at radius 3 is 2.29 bits per heavy atom. The van der Waals surface area contributed by atoms with Crippen molar-refractivity contribution in [3.05, 3.63) is 78.0 Å². The van der Waals surface area contributed by atoms with Gasteiger partial charge in [0.15, 0.2) is 11.5 Å². The fraction of sp³-hybridized carbons (Fsp3) is 0.143. The molecule has 7 heteroatoms. The van der Waals surface area contributed by atoms with Crippen LogP contribution in [0, 0.1) is 0 Å². The first-order chi connectivity index (χ1) is 13.6. The molecule has 0 fully saturated rings. The third kappa shape index (κ3) is 4.50. The maximum absolute atomic E-state index is 12.4. The third-order valence-corrected chi connectivity index (χ3v) is 4.02. The van der Waals surface area contributed by atoms with E-state index in [4.69, 9.17) is 4.74 Å². The second-order valence-electron chi connectivity index (χ2n) is 5.92. The molecule has 28 heavy (non-hydrogen) atoms. The summed E-state index contributed by atoms with van der Waals surface area (Å²) in [5.74, 6) is -0.156. The van der Waals surface area contributed by atoms with Crippen LogP contribution in [0.25, 0.3) is 0 Å². The molecule has 3 rings (SSSR count). The van der Waals surface area contributed by atoms with Gasteiger partial charge in [0.2, 0.25) is 0 Å². The van der Waals surface area contributed by atoms with Gasteiger partial charge in [-0.05, 0) is 55.5 Å². The Morgan fingerprint density at radius 1 is 0.964 bits per heavy atom. The quantitative estimate of drug-likeness (QED) is 0.661. The Balaban J connectivity index is 1.65. The largest absolute Gasteiger partial charge is 0.462 e. The van der Waals surface area contributed by atoms with Gasteiger partial charge in [-0.25, -0.2) is 4.79 Å². The van der Waals surface area contributed by atoms with E-state index in [2.05, 4.69) is 15.5 Å². The smallest absolute Gasteiger partial charge is 0.338 e. The molecule has 3 aromatic rings. The van der Waals surface area contributed by atoms with Crippen LogP contribution >= 0.6 is 0 Å².